The molecule has 4 N–H and O–H groups in total. The van der Waals surface area contributed by atoms with Crippen LogP contribution in [0.15, 0.2) is 51.6 Å². The summed E-state index contributed by atoms with van der Waals surface area (Å²) >= 11 is 3.31. The highest BCUT2D eigenvalue weighted by Crippen LogP contribution is 2.41. The molecule has 1 saturated carbocycles. The van der Waals surface area contributed by atoms with Crippen LogP contribution in [0.4, 0.5) is 19.0 Å². The average Bonchev–Trinajstić information content (AvgIpc) is 3.67. The monoisotopic (exact) mass is 591 g/mol. The van der Waals surface area contributed by atoms with Crippen LogP contribution in [0.2, 0.25) is 0 Å². The van der Waals surface area contributed by atoms with Crippen molar-refractivity contribution in [3.05, 3.63) is 42.9 Å². The lowest BCUT2D eigenvalue weighted by Gasteiger charge is -2.25. The Balaban J connectivity index is 0.000000411. The molecule has 6 rings (SSSR count). The van der Waals surface area contributed by atoms with Crippen LogP contribution in [0.5, 0.6) is 0 Å². The van der Waals surface area contributed by atoms with Crippen LogP contribution in [-0.2, 0) is 4.79 Å². The van der Waals surface area contributed by atoms with Gasteiger partial charge in [0.1, 0.15) is 5.76 Å². The minimum absolute atomic E-state index is 0.184. The lowest BCUT2D eigenvalue weighted by atomic mass is 9.93. The Bertz CT molecular complexity index is 1670. The second kappa shape index (κ2) is 11.1. The number of pyridine rings is 1. The number of aliphatic hydroxyl groups excluding tert-OH is 1. The molecule has 14 heteroatoms. The van der Waals surface area contributed by atoms with Gasteiger partial charge in [-0.3, -0.25) is 4.68 Å². The Morgan fingerprint density at radius 1 is 1.20 bits per heavy atom. The van der Waals surface area contributed by atoms with Crippen LogP contribution < -0.4 is 5.73 Å². The van der Waals surface area contributed by atoms with E-state index in [0.717, 1.165) is 68.1 Å². The third kappa shape index (κ3) is 5.64. The van der Waals surface area contributed by atoms with E-state index < -0.39 is 12.1 Å². The van der Waals surface area contributed by atoms with E-state index in [9.17, 15) is 18.3 Å². The molecule has 4 heterocycles. The van der Waals surface area contributed by atoms with Crippen molar-refractivity contribution in [3.63, 3.8) is 0 Å². The van der Waals surface area contributed by atoms with Crippen LogP contribution >= 0.6 is 23.1 Å². The van der Waals surface area contributed by atoms with Gasteiger partial charge in [0.15, 0.2) is 15.7 Å². The number of carbonyl (C=O) groups is 1. The molecule has 0 spiro atoms. The molecule has 0 amide bonds. The van der Waals surface area contributed by atoms with E-state index in [0.29, 0.717) is 17.4 Å². The lowest BCUT2D eigenvalue weighted by Crippen LogP contribution is -2.21. The molecule has 40 heavy (non-hydrogen) atoms. The van der Waals surface area contributed by atoms with Crippen LogP contribution in [0.1, 0.15) is 31.7 Å². The summed E-state index contributed by atoms with van der Waals surface area (Å²) in [7, 11) is 0. The number of benzene rings is 1. The number of furan rings is 1. The van der Waals surface area contributed by atoms with Crippen LogP contribution in [0.25, 0.3) is 43.6 Å². The topological polar surface area (TPSA) is 140 Å². The van der Waals surface area contributed by atoms with Crippen LogP contribution in [0.3, 0.4) is 0 Å². The van der Waals surface area contributed by atoms with E-state index in [1.807, 2.05) is 35.3 Å². The molecule has 0 bridgehead atoms. The van der Waals surface area contributed by atoms with Crippen molar-refractivity contribution < 1.29 is 32.6 Å². The van der Waals surface area contributed by atoms with Crippen LogP contribution in [-0.4, -0.2) is 54.5 Å². The molecule has 0 aliphatic heterocycles. The molecule has 1 aliphatic carbocycles. The minimum Gasteiger partial charge on any atom is -0.475 e. The number of aromatic nitrogens is 4. The van der Waals surface area contributed by atoms with Gasteiger partial charge in [-0.15, -0.1) is 11.3 Å². The quantitative estimate of drug-likeness (QED) is 0.203. The zero-order valence-corrected chi connectivity index (χ0v) is 22.7. The zero-order valence-electron chi connectivity index (χ0n) is 21.1. The number of carboxylic acids is 1. The Labute approximate surface area is 233 Å². The smallest absolute Gasteiger partial charge is 0.475 e. The summed E-state index contributed by atoms with van der Waals surface area (Å²) in [6.45, 7) is 0. The van der Waals surface area contributed by atoms with Gasteiger partial charge in [-0.25, -0.2) is 14.8 Å². The van der Waals surface area contributed by atoms with E-state index in [-0.39, 0.29) is 6.10 Å². The third-order valence-electron chi connectivity index (χ3n) is 6.62. The summed E-state index contributed by atoms with van der Waals surface area (Å²) < 4.78 is 42.1. The van der Waals surface area contributed by atoms with Gasteiger partial charge in [-0.05, 0) is 50.1 Å². The van der Waals surface area contributed by atoms with Crippen LogP contribution in [0, 0.1) is 0 Å². The van der Waals surface area contributed by atoms with Crippen molar-refractivity contribution in [1.29, 1.82) is 0 Å². The Morgan fingerprint density at radius 3 is 2.60 bits per heavy atom. The normalized spacial score (nSPS) is 17.6. The number of aliphatic hydroxyl groups is 1. The summed E-state index contributed by atoms with van der Waals surface area (Å²) in [6.07, 6.45) is 6.01. The Hall–Kier alpha value is -3.62. The molecule has 0 radical (unpaired) electrons. The average molecular weight is 592 g/mol. The van der Waals surface area contributed by atoms with Gasteiger partial charge in [-0.2, -0.15) is 18.3 Å². The molecule has 0 unspecified atom stereocenters. The van der Waals surface area contributed by atoms with Gasteiger partial charge >= 0.3 is 12.1 Å². The summed E-state index contributed by atoms with van der Waals surface area (Å²) in [4.78, 5) is 18.0. The summed E-state index contributed by atoms with van der Waals surface area (Å²) in [5, 5.41) is 22.5. The maximum absolute atomic E-state index is 10.6. The first kappa shape index (κ1) is 27.9. The minimum atomic E-state index is -5.08. The molecule has 5 aromatic rings. The number of carboxylic acid groups (broad SMARTS) is 1. The molecule has 1 aromatic carbocycles. The van der Waals surface area contributed by atoms with Gasteiger partial charge in [0, 0.05) is 34.5 Å². The SMILES string of the molecule is CSc1nc2cccc(-c3cc4c(-c5cnn([C@H]6CC[C@H](O)CC6)c5)cnc(N)c4o3)c2s1.O=C(O)C(F)(F)F. The molecule has 1 fully saturated rings. The lowest BCUT2D eigenvalue weighted by molar-refractivity contribution is -0.192. The molecule has 210 valence electrons. The highest BCUT2D eigenvalue weighted by molar-refractivity contribution is 8.00. The van der Waals surface area contributed by atoms with E-state index in [4.69, 9.17) is 20.1 Å². The number of anilines is 1. The number of thiazole rings is 1. The van der Waals surface area contributed by atoms with E-state index in [1.54, 1.807) is 29.3 Å². The van der Waals surface area contributed by atoms with E-state index in [2.05, 4.69) is 27.3 Å². The second-order valence-electron chi connectivity index (χ2n) is 9.22. The molecule has 0 saturated heterocycles. The molecular weight excluding hydrogens is 567 g/mol. The Kier molecular flexibility index (Phi) is 7.75. The standard InChI is InChI=1S/C24H23N5O2S2.C2HF3O2/c1-32-24-28-19-4-2-3-16(22(19)33-24)20-9-17-18(11-26-23(25)21(17)31-20)13-10-27-29(12-13)14-5-7-15(30)8-6-14;3-2(4,5)1(6)7/h2-4,9-12,14-15,30H,5-8H2,1H3,(H2,25,26);(H,6,7)/t14-,15-;. The third-order valence-corrected chi connectivity index (χ3v) is 8.71. The van der Waals surface area contributed by atoms with Crippen molar-refractivity contribution in [2.24, 2.45) is 0 Å². The second-order valence-corrected chi connectivity index (χ2v) is 11.3. The molecule has 4 aromatic heterocycles. The number of rotatable bonds is 4. The number of aliphatic carboxylic acids is 1. The molecule has 1 aliphatic rings. The van der Waals surface area contributed by atoms with Gasteiger partial charge in [0.2, 0.25) is 0 Å². The number of halogens is 3. The fourth-order valence-electron chi connectivity index (χ4n) is 4.62. The Morgan fingerprint density at radius 2 is 1.93 bits per heavy atom. The summed E-state index contributed by atoms with van der Waals surface area (Å²) in [5.41, 5.74) is 10.7. The maximum Gasteiger partial charge on any atom is 0.490 e. The first-order valence-electron chi connectivity index (χ1n) is 12.2. The number of nitrogens with zero attached hydrogens (tertiary/aromatic N) is 4. The van der Waals surface area contributed by atoms with Gasteiger partial charge in [0.25, 0.3) is 0 Å². The number of alkyl halides is 3. The maximum atomic E-state index is 10.6. The number of nitrogen functional groups attached to an aromatic ring is 1. The largest absolute Gasteiger partial charge is 0.490 e. The highest BCUT2D eigenvalue weighted by atomic mass is 32.2. The molecule has 9 nitrogen and oxygen atoms in total. The summed E-state index contributed by atoms with van der Waals surface area (Å²) in [5.74, 6) is -1.64. The predicted octanol–water partition coefficient (Wildman–Crippen LogP) is 6.38. The van der Waals surface area contributed by atoms with Crippen molar-refractivity contribution in [2.75, 3.05) is 12.0 Å². The first-order chi connectivity index (χ1) is 19.0. The van der Waals surface area contributed by atoms with Gasteiger partial charge < -0.3 is 20.4 Å². The van der Waals surface area contributed by atoms with Crippen molar-refractivity contribution in [1.82, 2.24) is 19.7 Å². The van der Waals surface area contributed by atoms with E-state index in [1.165, 1.54) is 0 Å². The number of hydrogen-bond donors (Lipinski definition) is 3. The number of fused-ring (bicyclic) bond motifs is 2. The van der Waals surface area contributed by atoms with Crippen molar-refractivity contribution >= 4 is 56.1 Å². The van der Waals surface area contributed by atoms with Crippen molar-refractivity contribution in [2.45, 2.75) is 48.3 Å². The van der Waals surface area contributed by atoms with Gasteiger partial charge in [-0.1, -0.05) is 17.8 Å². The molecule has 0 atom stereocenters. The first-order valence-corrected chi connectivity index (χ1v) is 14.2. The molecular formula is C26H24F3N5O4S2. The predicted molar refractivity (Wildman–Crippen MR) is 147 cm³/mol. The van der Waals surface area contributed by atoms with Gasteiger partial charge in [0.05, 0.1) is 28.6 Å². The fraction of sp³-hybridized carbons (Fsp3) is 0.308. The zero-order chi connectivity index (χ0) is 28.6. The summed E-state index contributed by atoms with van der Waals surface area (Å²) in [6, 6.07) is 8.44. The number of nitrogens with two attached hydrogens (primary N) is 1. The number of thioether (sulfide) groups is 1. The number of hydrogen-bond acceptors (Lipinski definition) is 9. The fourth-order valence-corrected chi connectivity index (χ4v) is 6.20. The van der Waals surface area contributed by atoms with E-state index >= 15 is 0 Å². The van der Waals surface area contributed by atoms with Crippen molar-refractivity contribution in [3.8, 4) is 22.5 Å². The highest BCUT2D eigenvalue weighted by Gasteiger charge is 2.38.